The molecule has 3 aromatic carbocycles. The van der Waals surface area contributed by atoms with E-state index in [1.54, 1.807) is 30.3 Å². The van der Waals surface area contributed by atoms with E-state index < -0.39 is 5.56 Å². The smallest absolute Gasteiger partial charge is 0.269 e. The summed E-state index contributed by atoms with van der Waals surface area (Å²) in [7, 11) is 0. The minimum Gasteiger partial charge on any atom is -0.339 e. The lowest BCUT2D eigenvalue weighted by Crippen LogP contribution is -2.26. The van der Waals surface area contributed by atoms with Gasteiger partial charge in [0.15, 0.2) is 5.82 Å². The lowest BCUT2D eigenvalue weighted by Gasteiger charge is -2.17. The van der Waals surface area contributed by atoms with Gasteiger partial charge in [-0.15, -0.1) is 0 Å². The van der Waals surface area contributed by atoms with Gasteiger partial charge >= 0.3 is 0 Å². The summed E-state index contributed by atoms with van der Waals surface area (Å²) in [5, 5.41) is 11.8. The third-order valence-corrected chi connectivity index (χ3v) is 5.63. The van der Waals surface area contributed by atoms with Gasteiger partial charge in [-0.1, -0.05) is 57.3 Å². The van der Waals surface area contributed by atoms with Crippen LogP contribution in [0.3, 0.4) is 0 Å². The first kappa shape index (κ1) is 21.3. The molecule has 4 aromatic rings. The number of nitrogens with one attached hydrogen (secondary N) is 2. The highest BCUT2D eigenvalue weighted by Crippen LogP contribution is 2.31. The number of halogens is 3. The van der Waals surface area contributed by atoms with Gasteiger partial charge in [-0.3, -0.25) is 9.36 Å². The van der Waals surface area contributed by atoms with Gasteiger partial charge in [-0.05, 0) is 54.6 Å². The van der Waals surface area contributed by atoms with E-state index in [1.807, 2.05) is 42.5 Å². The third-order valence-electron chi connectivity index (χ3n) is 4.56. The van der Waals surface area contributed by atoms with E-state index in [-0.39, 0.29) is 11.4 Å². The van der Waals surface area contributed by atoms with Gasteiger partial charge in [-0.25, -0.2) is 4.98 Å². The average molecular weight is 514 g/mol. The standard InChI is InChI=1S/C23H15BrCl2N4O/c24-14-6-9-17(10-7-14)30-22(18-11-8-15(25)12-20(18)26)29-21(19(13-27)23(30)31)28-16-4-2-1-3-5-16/h1-13,27-28H. The van der Waals surface area contributed by atoms with Crippen LogP contribution in [0.4, 0.5) is 11.5 Å². The van der Waals surface area contributed by atoms with E-state index in [1.165, 1.54) is 4.57 Å². The van der Waals surface area contributed by atoms with E-state index in [0.717, 1.165) is 16.4 Å². The predicted octanol–water partition coefficient (Wildman–Crippen LogP) is 6.71. The van der Waals surface area contributed by atoms with Crippen molar-refractivity contribution in [1.29, 1.82) is 5.41 Å². The van der Waals surface area contributed by atoms with Crippen molar-refractivity contribution >= 4 is 56.9 Å². The van der Waals surface area contributed by atoms with Gasteiger partial charge < -0.3 is 10.7 Å². The maximum atomic E-state index is 13.5. The fourth-order valence-electron chi connectivity index (χ4n) is 3.10. The van der Waals surface area contributed by atoms with Gasteiger partial charge in [0, 0.05) is 27.0 Å². The number of hydrogen-bond acceptors (Lipinski definition) is 4. The Morgan fingerprint density at radius 1 is 1.00 bits per heavy atom. The van der Waals surface area contributed by atoms with Crippen molar-refractivity contribution in [2.75, 3.05) is 5.32 Å². The summed E-state index contributed by atoms with van der Waals surface area (Å²) in [4.78, 5) is 18.2. The van der Waals surface area contributed by atoms with E-state index in [9.17, 15) is 4.79 Å². The minimum absolute atomic E-state index is 0.126. The number of anilines is 2. The zero-order valence-electron chi connectivity index (χ0n) is 15.9. The molecule has 0 aliphatic carbocycles. The molecule has 0 bridgehead atoms. The van der Waals surface area contributed by atoms with Gasteiger partial charge in [-0.2, -0.15) is 0 Å². The van der Waals surface area contributed by atoms with Crippen LogP contribution < -0.4 is 10.9 Å². The molecule has 1 aromatic heterocycles. The molecule has 8 heteroatoms. The van der Waals surface area contributed by atoms with Gasteiger partial charge in [0.2, 0.25) is 0 Å². The van der Waals surface area contributed by atoms with Crippen LogP contribution >= 0.6 is 39.1 Å². The van der Waals surface area contributed by atoms with Crippen LogP contribution in [0.5, 0.6) is 0 Å². The van der Waals surface area contributed by atoms with Crippen molar-refractivity contribution in [3.8, 4) is 17.1 Å². The molecular weight excluding hydrogens is 499 g/mol. The molecule has 2 N–H and O–H groups in total. The highest BCUT2D eigenvalue weighted by molar-refractivity contribution is 9.10. The molecule has 0 radical (unpaired) electrons. The fraction of sp³-hybridized carbons (Fsp3) is 0. The molecule has 0 aliphatic heterocycles. The molecule has 1 heterocycles. The first-order chi connectivity index (χ1) is 15.0. The molecule has 31 heavy (non-hydrogen) atoms. The van der Waals surface area contributed by atoms with Crippen molar-refractivity contribution < 1.29 is 0 Å². The van der Waals surface area contributed by atoms with Crippen molar-refractivity contribution in [2.45, 2.75) is 0 Å². The molecule has 0 saturated carbocycles. The molecule has 5 nitrogen and oxygen atoms in total. The van der Waals surface area contributed by atoms with E-state index in [2.05, 4.69) is 21.2 Å². The summed E-state index contributed by atoms with van der Waals surface area (Å²) in [6, 6.07) is 21.6. The molecule has 4 rings (SSSR count). The minimum atomic E-state index is -0.397. The van der Waals surface area contributed by atoms with Crippen molar-refractivity contribution in [3.05, 3.63) is 103 Å². The topological polar surface area (TPSA) is 70.8 Å². The Morgan fingerprint density at radius 3 is 2.35 bits per heavy atom. The quantitative estimate of drug-likeness (QED) is 0.291. The van der Waals surface area contributed by atoms with E-state index >= 15 is 0 Å². The summed E-state index contributed by atoms with van der Waals surface area (Å²) in [6.45, 7) is 0. The number of hydrogen-bond donors (Lipinski definition) is 2. The highest BCUT2D eigenvalue weighted by Gasteiger charge is 2.20. The normalized spacial score (nSPS) is 10.7. The first-order valence-electron chi connectivity index (χ1n) is 9.19. The monoisotopic (exact) mass is 512 g/mol. The Labute approximate surface area is 196 Å². The number of para-hydroxylation sites is 1. The Hall–Kier alpha value is -2.93. The molecule has 154 valence electrons. The largest absolute Gasteiger partial charge is 0.339 e. The Kier molecular flexibility index (Phi) is 6.23. The summed E-state index contributed by atoms with van der Waals surface area (Å²) in [5.74, 6) is 0.596. The second kappa shape index (κ2) is 9.06. The van der Waals surface area contributed by atoms with E-state index in [0.29, 0.717) is 27.1 Å². The van der Waals surface area contributed by atoms with Crippen molar-refractivity contribution in [3.63, 3.8) is 0 Å². The molecule has 0 amide bonds. The van der Waals surface area contributed by atoms with Crippen LogP contribution in [0.25, 0.3) is 17.1 Å². The number of aromatic nitrogens is 2. The van der Waals surface area contributed by atoms with Crippen LogP contribution in [-0.2, 0) is 0 Å². The lowest BCUT2D eigenvalue weighted by atomic mass is 10.1. The van der Waals surface area contributed by atoms with Gasteiger partial charge in [0.1, 0.15) is 11.4 Å². The predicted molar refractivity (Wildman–Crippen MR) is 131 cm³/mol. The van der Waals surface area contributed by atoms with Crippen molar-refractivity contribution in [2.24, 2.45) is 0 Å². The van der Waals surface area contributed by atoms with Gasteiger partial charge in [0.25, 0.3) is 5.56 Å². The maximum absolute atomic E-state index is 13.5. The molecule has 0 fully saturated rings. The number of rotatable bonds is 5. The van der Waals surface area contributed by atoms with Crippen LogP contribution in [0, 0.1) is 5.41 Å². The zero-order valence-corrected chi connectivity index (χ0v) is 19.0. The second-order valence-electron chi connectivity index (χ2n) is 6.57. The van der Waals surface area contributed by atoms with E-state index in [4.69, 9.17) is 33.6 Å². The third kappa shape index (κ3) is 4.42. The Bertz CT molecular complexity index is 1320. The van der Waals surface area contributed by atoms with Crippen molar-refractivity contribution in [1.82, 2.24) is 9.55 Å². The van der Waals surface area contributed by atoms with Crippen LogP contribution in [0.1, 0.15) is 5.56 Å². The molecular formula is C23H15BrCl2N4O. The van der Waals surface area contributed by atoms with Crippen LogP contribution in [0.2, 0.25) is 10.0 Å². The summed E-state index contributed by atoms with van der Waals surface area (Å²) in [6.07, 6.45) is 1.00. The summed E-state index contributed by atoms with van der Waals surface area (Å²) in [5.41, 5.74) is 1.61. The van der Waals surface area contributed by atoms with Crippen LogP contribution in [0.15, 0.2) is 82.1 Å². The summed E-state index contributed by atoms with van der Waals surface area (Å²) < 4.78 is 2.32. The maximum Gasteiger partial charge on any atom is 0.269 e. The number of nitrogens with zero attached hydrogens (tertiary/aromatic N) is 2. The lowest BCUT2D eigenvalue weighted by molar-refractivity contribution is 0.947. The average Bonchev–Trinajstić information content (AvgIpc) is 2.75. The fourth-order valence-corrected chi connectivity index (χ4v) is 3.86. The summed E-state index contributed by atoms with van der Waals surface area (Å²) >= 11 is 16.0. The Balaban J connectivity index is 2.02. The number of benzene rings is 3. The van der Waals surface area contributed by atoms with Gasteiger partial charge in [0.05, 0.1) is 10.7 Å². The zero-order chi connectivity index (χ0) is 22.0. The second-order valence-corrected chi connectivity index (χ2v) is 8.33. The molecule has 0 unspecified atom stereocenters. The van der Waals surface area contributed by atoms with Crippen LogP contribution in [-0.4, -0.2) is 15.8 Å². The first-order valence-corrected chi connectivity index (χ1v) is 10.7. The molecule has 0 atom stereocenters. The SMILES string of the molecule is N=Cc1c(Nc2ccccc2)nc(-c2ccc(Cl)cc2Cl)n(-c2ccc(Br)cc2)c1=O. The molecule has 0 aliphatic rings. The molecule has 0 saturated heterocycles. The molecule has 0 spiro atoms. The Morgan fingerprint density at radius 2 is 1.71 bits per heavy atom. The highest BCUT2D eigenvalue weighted by atomic mass is 79.9.